The Kier molecular flexibility index (Phi) is 6.54. The fourth-order valence-electron chi connectivity index (χ4n) is 3.01. The van der Waals surface area contributed by atoms with Gasteiger partial charge in [0.2, 0.25) is 11.8 Å². The number of halogens is 4. The second-order valence-corrected chi connectivity index (χ2v) is 7.33. The van der Waals surface area contributed by atoms with Crippen LogP contribution in [0.25, 0.3) is 0 Å². The third kappa shape index (κ3) is 5.08. The van der Waals surface area contributed by atoms with Crippen LogP contribution in [-0.4, -0.2) is 29.8 Å². The number of ether oxygens (including phenoxy) is 1. The summed E-state index contributed by atoms with van der Waals surface area (Å²) in [4.78, 5) is 49.4. The van der Waals surface area contributed by atoms with Gasteiger partial charge in [-0.3, -0.25) is 19.3 Å². The van der Waals surface area contributed by atoms with Crippen LogP contribution >= 0.6 is 11.6 Å². The zero-order valence-electron chi connectivity index (χ0n) is 16.5. The Bertz CT molecular complexity index is 1090. The van der Waals surface area contributed by atoms with Crippen LogP contribution in [-0.2, 0) is 25.3 Å². The van der Waals surface area contributed by atoms with E-state index in [9.17, 15) is 32.3 Å². The summed E-state index contributed by atoms with van der Waals surface area (Å²) in [5.74, 6) is -2.76. The average Bonchev–Trinajstić information content (AvgIpc) is 3.06. The molecule has 1 saturated heterocycles. The van der Waals surface area contributed by atoms with E-state index < -0.39 is 47.2 Å². The lowest BCUT2D eigenvalue weighted by molar-refractivity contribution is -0.137. The minimum atomic E-state index is -4.77. The summed E-state index contributed by atoms with van der Waals surface area (Å²) >= 11 is 5.61. The van der Waals surface area contributed by atoms with Crippen molar-refractivity contribution in [2.24, 2.45) is 0 Å². The molecule has 0 radical (unpaired) electrons. The van der Waals surface area contributed by atoms with Gasteiger partial charge in [-0.2, -0.15) is 13.2 Å². The molecule has 3 rings (SSSR count). The molecule has 2 aromatic carbocycles. The topological polar surface area (TPSA) is 92.8 Å². The number of benzene rings is 2. The summed E-state index contributed by atoms with van der Waals surface area (Å²) in [7, 11) is 0. The number of amides is 3. The van der Waals surface area contributed by atoms with Crippen molar-refractivity contribution in [3.63, 3.8) is 0 Å². The van der Waals surface area contributed by atoms with Crippen molar-refractivity contribution in [2.45, 2.75) is 32.0 Å². The lowest BCUT2D eigenvalue weighted by Gasteiger charge is -2.18. The highest BCUT2D eigenvalue weighted by Gasteiger charge is 2.35. The first-order chi connectivity index (χ1) is 15.0. The van der Waals surface area contributed by atoms with Crippen molar-refractivity contribution in [1.29, 1.82) is 0 Å². The minimum Gasteiger partial charge on any atom is -0.449 e. The molecule has 3 amide bonds. The standard InChI is InChI=1S/C21H16ClF3N2O5/c1-11(19(30)26-16-6-5-13(22)10-15(16)21(23,24)25)32-20(31)12-3-2-4-14(9-12)27-17(28)7-8-18(27)29/h2-6,9-11H,7-8H2,1H3,(H,26,30). The van der Waals surface area contributed by atoms with E-state index in [-0.39, 0.29) is 29.1 Å². The predicted octanol–water partition coefficient (Wildman–Crippen LogP) is 4.20. The molecule has 1 aliphatic rings. The Morgan fingerprint density at radius 1 is 1.09 bits per heavy atom. The first-order valence-electron chi connectivity index (χ1n) is 9.32. The van der Waals surface area contributed by atoms with Crippen LogP contribution < -0.4 is 10.2 Å². The number of carbonyl (C=O) groups is 4. The lowest BCUT2D eigenvalue weighted by atomic mass is 10.1. The van der Waals surface area contributed by atoms with Gasteiger partial charge in [-0.05, 0) is 43.3 Å². The fourth-order valence-corrected chi connectivity index (χ4v) is 3.19. The Hall–Kier alpha value is -3.40. The highest BCUT2D eigenvalue weighted by Crippen LogP contribution is 2.36. The molecule has 1 atom stereocenters. The minimum absolute atomic E-state index is 0.0443. The zero-order chi connectivity index (χ0) is 23.6. The quantitative estimate of drug-likeness (QED) is 0.524. The van der Waals surface area contributed by atoms with Crippen LogP contribution in [0.2, 0.25) is 5.02 Å². The van der Waals surface area contributed by atoms with Crippen LogP contribution in [0.1, 0.15) is 35.7 Å². The molecule has 0 spiro atoms. The number of hydrogen-bond acceptors (Lipinski definition) is 5. The number of alkyl halides is 3. The van der Waals surface area contributed by atoms with Gasteiger partial charge < -0.3 is 10.1 Å². The third-order valence-electron chi connectivity index (χ3n) is 4.59. The SMILES string of the molecule is CC(OC(=O)c1cccc(N2C(=O)CCC2=O)c1)C(=O)Nc1ccc(Cl)cc1C(F)(F)F. The summed E-state index contributed by atoms with van der Waals surface area (Å²) in [5.41, 5.74) is -1.55. The van der Waals surface area contributed by atoms with Gasteiger partial charge in [0.25, 0.3) is 5.91 Å². The Balaban J connectivity index is 1.72. The highest BCUT2D eigenvalue weighted by atomic mass is 35.5. The van der Waals surface area contributed by atoms with E-state index in [1.807, 2.05) is 0 Å². The van der Waals surface area contributed by atoms with Crippen LogP contribution in [0.4, 0.5) is 24.5 Å². The molecule has 2 aromatic rings. The Morgan fingerprint density at radius 3 is 2.38 bits per heavy atom. The van der Waals surface area contributed by atoms with Gasteiger partial charge in [-0.1, -0.05) is 17.7 Å². The third-order valence-corrected chi connectivity index (χ3v) is 4.82. The van der Waals surface area contributed by atoms with E-state index in [4.69, 9.17) is 16.3 Å². The number of anilines is 2. The monoisotopic (exact) mass is 468 g/mol. The van der Waals surface area contributed by atoms with Crippen LogP contribution in [0.3, 0.4) is 0 Å². The van der Waals surface area contributed by atoms with Gasteiger partial charge in [0.15, 0.2) is 6.10 Å². The number of carbonyl (C=O) groups excluding carboxylic acids is 4. The largest absolute Gasteiger partial charge is 0.449 e. The molecule has 0 aliphatic carbocycles. The second-order valence-electron chi connectivity index (χ2n) is 6.90. The zero-order valence-corrected chi connectivity index (χ0v) is 17.3. The molecule has 1 heterocycles. The van der Waals surface area contributed by atoms with E-state index in [0.29, 0.717) is 6.07 Å². The van der Waals surface area contributed by atoms with E-state index >= 15 is 0 Å². The summed E-state index contributed by atoms with van der Waals surface area (Å²) in [6.07, 6.45) is -6.08. The maximum Gasteiger partial charge on any atom is 0.418 e. The van der Waals surface area contributed by atoms with Crippen molar-refractivity contribution in [3.05, 3.63) is 58.6 Å². The van der Waals surface area contributed by atoms with E-state index in [0.717, 1.165) is 11.0 Å². The fraction of sp³-hybridized carbons (Fsp3) is 0.238. The Labute approximate surface area is 185 Å². The van der Waals surface area contributed by atoms with Crippen LogP contribution in [0.5, 0.6) is 0 Å². The summed E-state index contributed by atoms with van der Waals surface area (Å²) in [6.45, 7) is 1.19. The van der Waals surface area contributed by atoms with Crippen molar-refractivity contribution >= 4 is 46.7 Å². The highest BCUT2D eigenvalue weighted by molar-refractivity contribution is 6.30. The van der Waals surface area contributed by atoms with Gasteiger partial charge in [0.1, 0.15) is 0 Å². The van der Waals surface area contributed by atoms with E-state index in [2.05, 4.69) is 5.32 Å². The van der Waals surface area contributed by atoms with E-state index in [1.165, 1.54) is 37.3 Å². The van der Waals surface area contributed by atoms with Crippen molar-refractivity contribution < 1.29 is 37.1 Å². The van der Waals surface area contributed by atoms with Gasteiger partial charge in [0, 0.05) is 17.9 Å². The smallest absolute Gasteiger partial charge is 0.418 e. The van der Waals surface area contributed by atoms with Gasteiger partial charge in [0.05, 0.1) is 22.5 Å². The number of nitrogens with one attached hydrogen (secondary N) is 1. The predicted molar refractivity (Wildman–Crippen MR) is 108 cm³/mol. The summed E-state index contributed by atoms with van der Waals surface area (Å²) in [6, 6.07) is 8.34. The number of rotatable bonds is 5. The van der Waals surface area contributed by atoms with Crippen molar-refractivity contribution in [1.82, 2.24) is 0 Å². The molecule has 0 bridgehead atoms. The molecular weight excluding hydrogens is 453 g/mol. The summed E-state index contributed by atoms with van der Waals surface area (Å²) < 4.78 is 44.6. The van der Waals surface area contributed by atoms with Crippen LogP contribution in [0.15, 0.2) is 42.5 Å². The maximum absolute atomic E-state index is 13.2. The molecule has 1 unspecified atom stereocenters. The van der Waals surface area contributed by atoms with Gasteiger partial charge in [-0.25, -0.2) is 4.79 Å². The molecule has 0 aromatic heterocycles. The molecule has 11 heteroatoms. The Morgan fingerprint density at radius 2 is 1.75 bits per heavy atom. The average molecular weight is 469 g/mol. The molecule has 32 heavy (non-hydrogen) atoms. The molecule has 7 nitrogen and oxygen atoms in total. The molecular formula is C21H16ClF3N2O5. The molecule has 168 valence electrons. The number of nitrogens with zero attached hydrogens (tertiary/aromatic N) is 1. The molecule has 1 N–H and O–H groups in total. The number of esters is 1. The maximum atomic E-state index is 13.2. The number of hydrogen-bond donors (Lipinski definition) is 1. The van der Waals surface area contributed by atoms with Crippen molar-refractivity contribution in [2.75, 3.05) is 10.2 Å². The first kappa shape index (κ1) is 23.3. The molecule has 1 aliphatic heterocycles. The molecule has 0 saturated carbocycles. The van der Waals surface area contributed by atoms with Gasteiger partial charge in [-0.15, -0.1) is 0 Å². The van der Waals surface area contributed by atoms with Gasteiger partial charge >= 0.3 is 12.1 Å². The van der Waals surface area contributed by atoms with Crippen molar-refractivity contribution in [3.8, 4) is 0 Å². The van der Waals surface area contributed by atoms with E-state index in [1.54, 1.807) is 0 Å². The number of imide groups is 1. The molecule has 1 fully saturated rings. The second kappa shape index (κ2) is 8.99. The first-order valence-corrected chi connectivity index (χ1v) is 9.69. The normalized spacial score (nSPS) is 15.0. The van der Waals surface area contributed by atoms with Crippen LogP contribution in [0, 0.1) is 0 Å². The lowest BCUT2D eigenvalue weighted by Crippen LogP contribution is -2.31. The summed E-state index contributed by atoms with van der Waals surface area (Å²) in [5, 5.41) is 1.91.